The van der Waals surface area contributed by atoms with Crippen molar-refractivity contribution in [1.29, 1.82) is 0 Å². The number of ether oxygens (including phenoxy) is 7. The summed E-state index contributed by atoms with van der Waals surface area (Å²) in [5, 5.41) is 0. The van der Waals surface area contributed by atoms with Crippen molar-refractivity contribution in [3.8, 4) is 0 Å². The van der Waals surface area contributed by atoms with Crippen LogP contribution in [0.5, 0.6) is 0 Å². The summed E-state index contributed by atoms with van der Waals surface area (Å²) in [6.45, 7) is 11.3. The van der Waals surface area contributed by atoms with Gasteiger partial charge in [0.1, 0.15) is 17.3 Å². The number of carbonyl (C=O) groups is 3. The monoisotopic (exact) mass is 576 g/mol. The second-order valence-electron chi connectivity index (χ2n) is 9.46. The first-order valence-electron chi connectivity index (χ1n) is 15.2. The first-order valence-corrected chi connectivity index (χ1v) is 15.2. The molecule has 0 bridgehead atoms. The van der Waals surface area contributed by atoms with E-state index in [0.717, 1.165) is 32.5 Å². The van der Waals surface area contributed by atoms with Gasteiger partial charge < -0.3 is 33.2 Å². The molecule has 0 aromatic carbocycles. The molecule has 0 radical (unpaired) electrons. The van der Waals surface area contributed by atoms with Gasteiger partial charge in [0, 0.05) is 71.6 Å². The third kappa shape index (κ3) is 31.3. The van der Waals surface area contributed by atoms with Crippen LogP contribution in [-0.4, -0.2) is 110 Å². The molecule has 0 unspecified atom stereocenters. The summed E-state index contributed by atoms with van der Waals surface area (Å²) < 4.78 is 37.9. The molecule has 0 aliphatic heterocycles. The van der Waals surface area contributed by atoms with Crippen LogP contribution in [0.3, 0.4) is 0 Å². The van der Waals surface area contributed by atoms with E-state index in [9.17, 15) is 14.4 Å². The fraction of sp³-hybridized carbons (Fsp3) is 0.900. The normalized spacial score (nSPS) is 11.2. The van der Waals surface area contributed by atoms with Gasteiger partial charge in [0.2, 0.25) is 0 Å². The number of hydrogen-bond donors (Lipinski definition) is 0. The Kier molecular flexibility index (Phi) is 31.2. The Hall–Kier alpha value is -1.27. The van der Waals surface area contributed by atoms with Gasteiger partial charge in [-0.25, -0.2) is 0 Å². The van der Waals surface area contributed by atoms with Crippen LogP contribution >= 0.6 is 0 Å². The third-order valence-corrected chi connectivity index (χ3v) is 5.62. The summed E-state index contributed by atoms with van der Waals surface area (Å²) >= 11 is 0. The van der Waals surface area contributed by atoms with Gasteiger partial charge in [0.25, 0.3) is 0 Å². The Morgan fingerprint density at radius 2 is 0.575 bits per heavy atom. The van der Waals surface area contributed by atoms with Crippen LogP contribution in [0.2, 0.25) is 0 Å². The zero-order valence-corrected chi connectivity index (χ0v) is 25.3. The topological polar surface area (TPSA) is 116 Å². The number of rotatable bonds is 34. The molecular formula is C30H56O10. The van der Waals surface area contributed by atoms with Gasteiger partial charge in [-0.3, -0.25) is 14.4 Å². The Balaban J connectivity index is 3.30. The molecule has 0 amide bonds. The van der Waals surface area contributed by atoms with E-state index in [1.807, 2.05) is 0 Å². The number of Topliss-reactive ketones (excluding diaryl/α,β-unsaturated/α-hetero) is 3. The Labute approximate surface area is 242 Å². The maximum Gasteiger partial charge on any atom is 0.135 e. The molecule has 0 aromatic rings. The third-order valence-electron chi connectivity index (χ3n) is 5.62. The van der Waals surface area contributed by atoms with E-state index in [1.165, 1.54) is 0 Å². The summed E-state index contributed by atoms with van der Waals surface area (Å²) in [4.78, 5) is 35.4. The zero-order chi connectivity index (χ0) is 29.4. The molecule has 0 heterocycles. The maximum absolute atomic E-state index is 11.9. The quantitative estimate of drug-likeness (QED) is 0.104. The average Bonchev–Trinajstić information content (AvgIpc) is 2.94. The highest BCUT2D eigenvalue weighted by Gasteiger charge is 2.05. The molecule has 0 N–H and O–H groups in total. The lowest BCUT2D eigenvalue weighted by molar-refractivity contribution is -0.121. The SMILES string of the molecule is CCCOCCCC(=O)CCOCCOCCCC(=O)CCOCCOCCCC(=O)CCOCCOCCC. The summed E-state index contributed by atoms with van der Waals surface area (Å²) in [6.07, 6.45) is 6.80. The average molecular weight is 577 g/mol. The van der Waals surface area contributed by atoms with Crippen LogP contribution in [-0.2, 0) is 47.5 Å². The van der Waals surface area contributed by atoms with Gasteiger partial charge in [-0.1, -0.05) is 13.8 Å². The standard InChI is InChI=1S/C30H56O10/c1-3-14-34-16-5-8-28(31)12-20-39-26-23-37-18-7-10-30(33)13-21-40-27-24-36-17-6-9-29(32)11-19-38-25-22-35-15-4-2/h3-27H2,1-2H3. The minimum atomic E-state index is 0.148. The van der Waals surface area contributed by atoms with Crippen molar-refractivity contribution < 1.29 is 47.5 Å². The predicted molar refractivity (Wildman–Crippen MR) is 153 cm³/mol. The van der Waals surface area contributed by atoms with E-state index in [2.05, 4.69) is 13.8 Å². The molecule has 0 rings (SSSR count). The molecule has 0 fully saturated rings. The first kappa shape index (κ1) is 38.7. The minimum Gasteiger partial charge on any atom is -0.381 e. The molecule has 0 saturated heterocycles. The van der Waals surface area contributed by atoms with Gasteiger partial charge >= 0.3 is 0 Å². The van der Waals surface area contributed by atoms with Gasteiger partial charge in [-0.15, -0.1) is 0 Å². The number of hydrogen-bond acceptors (Lipinski definition) is 10. The van der Waals surface area contributed by atoms with Crippen molar-refractivity contribution in [2.75, 3.05) is 92.5 Å². The van der Waals surface area contributed by atoms with Gasteiger partial charge in [-0.2, -0.15) is 0 Å². The largest absolute Gasteiger partial charge is 0.381 e. The van der Waals surface area contributed by atoms with E-state index < -0.39 is 0 Å². The van der Waals surface area contributed by atoms with Crippen LogP contribution < -0.4 is 0 Å². The molecule has 0 aliphatic carbocycles. The fourth-order valence-corrected chi connectivity index (χ4v) is 3.40. The van der Waals surface area contributed by atoms with Crippen molar-refractivity contribution in [2.24, 2.45) is 0 Å². The molecule has 0 aliphatic rings. The van der Waals surface area contributed by atoms with Gasteiger partial charge in [0.05, 0.1) is 59.5 Å². The van der Waals surface area contributed by atoms with Gasteiger partial charge in [0.15, 0.2) is 0 Å². The van der Waals surface area contributed by atoms with E-state index >= 15 is 0 Å². The molecule has 10 nitrogen and oxygen atoms in total. The van der Waals surface area contributed by atoms with E-state index in [1.54, 1.807) is 0 Å². The molecule has 0 atom stereocenters. The zero-order valence-electron chi connectivity index (χ0n) is 25.3. The van der Waals surface area contributed by atoms with Crippen molar-refractivity contribution in [1.82, 2.24) is 0 Å². The second kappa shape index (κ2) is 32.2. The number of ketones is 3. The summed E-state index contributed by atoms with van der Waals surface area (Å²) in [6, 6.07) is 0. The summed E-state index contributed by atoms with van der Waals surface area (Å²) in [5.41, 5.74) is 0. The van der Waals surface area contributed by atoms with E-state index in [-0.39, 0.29) is 17.3 Å². The second-order valence-corrected chi connectivity index (χ2v) is 9.46. The van der Waals surface area contributed by atoms with E-state index in [4.69, 9.17) is 33.2 Å². The Morgan fingerprint density at radius 3 is 0.875 bits per heavy atom. The van der Waals surface area contributed by atoms with Gasteiger partial charge in [-0.05, 0) is 32.1 Å². The van der Waals surface area contributed by atoms with Crippen molar-refractivity contribution in [2.45, 2.75) is 84.5 Å². The molecule has 0 saturated carbocycles. The Morgan fingerprint density at radius 1 is 0.325 bits per heavy atom. The lowest BCUT2D eigenvalue weighted by atomic mass is 10.2. The lowest BCUT2D eigenvalue weighted by Crippen LogP contribution is -2.12. The highest BCUT2D eigenvalue weighted by molar-refractivity contribution is 5.79. The molecular weight excluding hydrogens is 520 g/mol. The molecule has 0 spiro atoms. The summed E-state index contributed by atoms with van der Waals surface area (Å²) in [7, 11) is 0. The van der Waals surface area contributed by atoms with E-state index in [0.29, 0.717) is 131 Å². The fourth-order valence-electron chi connectivity index (χ4n) is 3.40. The van der Waals surface area contributed by atoms with Crippen molar-refractivity contribution >= 4 is 17.3 Å². The molecule has 40 heavy (non-hydrogen) atoms. The van der Waals surface area contributed by atoms with Crippen LogP contribution in [0.25, 0.3) is 0 Å². The smallest absolute Gasteiger partial charge is 0.135 e. The van der Waals surface area contributed by atoms with Crippen LogP contribution in [0.1, 0.15) is 84.5 Å². The summed E-state index contributed by atoms with van der Waals surface area (Å²) in [5.74, 6) is 0.520. The van der Waals surface area contributed by atoms with Crippen LogP contribution in [0, 0.1) is 0 Å². The highest BCUT2D eigenvalue weighted by atomic mass is 16.5. The van der Waals surface area contributed by atoms with Crippen molar-refractivity contribution in [3.63, 3.8) is 0 Å². The minimum absolute atomic E-state index is 0.148. The predicted octanol–water partition coefficient (Wildman–Crippen LogP) is 4.14. The van der Waals surface area contributed by atoms with Crippen LogP contribution in [0.4, 0.5) is 0 Å². The number of carbonyl (C=O) groups excluding carboxylic acids is 3. The lowest BCUT2D eigenvalue weighted by Gasteiger charge is -2.07. The van der Waals surface area contributed by atoms with Crippen molar-refractivity contribution in [3.05, 3.63) is 0 Å². The Bertz CT molecular complexity index is 585. The first-order chi connectivity index (χ1) is 19.6. The van der Waals surface area contributed by atoms with Crippen LogP contribution in [0.15, 0.2) is 0 Å². The highest BCUT2D eigenvalue weighted by Crippen LogP contribution is 2.00. The maximum atomic E-state index is 11.9. The molecule has 10 heteroatoms. The molecule has 0 aromatic heterocycles. The molecule has 236 valence electrons.